The Bertz CT molecular complexity index is 526. The lowest BCUT2D eigenvalue weighted by atomic mass is 9.95. The van der Waals surface area contributed by atoms with Gasteiger partial charge in [-0.2, -0.15) is 0 Å². The van der Waals surface area contributed by atoms with Gasteiger partial charge in [0.25, 0.3) is 0 Å². The predicted molar refractivity (Wildman–Crippen MR) is 92.3 cm³/mol. The van der Waals surface area contributed by atoms with Crippen molar-refractivity contribution in [2.75, 3.05) is 23.3 Å². The SMILES string of the molecule is CCc1nc(N2CCC(C)CC2)ccc1NC(=O)C(C)(C)C. The molecule has 0 aliphatic carbocycles. The predicted octanol–water partition coefficient (Wildman–Crippen LogP) is 3.86. The van der Waals surface area contributed by atoms with Gasteiger partial charge in [-0.1, -0.05) is 34.6 Å². The molecule has 22 heavy (non-hydrogen) atoms. The third-order valence-corrected chi connectivity index (χ3v) is 4.33. The number of hydrogen-bond acceptors (Lipinski definition) is 3. The second kappa shape index (κ2) is 6.67. The van der Waals surface area contributed by atoms with E-state index in [0.717, 1.165) is 42.6 Å². The summed E-state index contributed by atoms with van der Waals surface area (Å²) in [5.74, 6) is 1.88. The van der Waals surface area contributed by atoms with E-state index in [4.69, 9.17) is 4.98 Å². The molecule has 4 heteroatoms. The summed E-state index contributed by atoms with van der Waals surface area (Å²) in [4.78, 5) is 19.3. The largest absolute Gasteiger partial charge is 0.357 e. The first-order valence-electron chi connectivity index (χ1n) is 8.37. The smallest absolute Gasteiger partial charge is 0.229 e. The molecule has 2 heterocycles. The Morgan fingerprint density at radius 1 is 1.32 bits per heavy atom. The van der Waals surface area contributed by atoms with E-state index in [1.807, 2.05) is 32.9 Å². The summed E-state index contributed by atoms with van der Waals surface area (Å²) < 4.78 is 0. The average Bonchev–Trinajstić information content (AvgIpc) is 2.47. The number of hydrogen-bond donors (Lipinski definition) is 1. The average molecular weight is 303 g/mol. The minimum atomic E-state index is -0.396. The van der Waals surface area contributed by atoms with Crippen LogP contribution in [0.3, 0.4) is 0 Å². The van der Waals surface area contributed by atoms with Crippen LogP contribution in [0.5, 0.6) is 0 Å². The number of nitrogens with one attached hydrogen (secondary N) is 1. The first kappa shape index (κ1) is 16.8. The Kier molecular flexibility index (Phi) is 5.09. The molecule has 1 aliphatic rings. The maximum atomic E-state index is 12.2. The lowest BCUT2D eigenvalue weighted by Gasteiger charge is -2.31. The second-order valence-corrected chi connectivity index (χ2v) is 7.39. The summed E-state index contributed by atoms with van der Waals surface area (Å²) in [5.41, 5.74) is 1.41. The molecule has 0 spiro atoms. The second-order valence-electron chi connectivity index (χ2n) is 7.39. The van der Waals surface area contributed by atoms with Crippen LogP contribution in [0.25, 0.3) is 0 Å². The monoisotopic (exact) mass is 303 g/mol. The Morgan fingerprint density at radius 3 is 2.50 bits per heavy atom. The molecule has 1 N–H and O–H groups in total. The van der Waals surface area contributed by atoms with Crippen LogP contribution in [0.1, 0.15) is 53.2 Å². The topological polar surface area (TPSA) is 45.2 Å². The van der Waals surface area contributed by atoms with Gasteiger partial charge in [-0.25, -0.2) is 4.98 Å². The Hall–Kier alpha value is -1.58. The van der Waals surface area contributed by atoms with Gasteiger partial charge in [0.2, 0.25) is 5.91 Å². The van der Waals surface area contributed by atoms with Crippen molar-refractivity contribution in [2.24, 2.45) is 11.3 Å². The minimum absolute atomic E-state index is 0.0311. The van der Waals surface area contributed by atoms with Crippen molar-refractivity contribution in [1.82, 2.24) is 4.98 Å². The number of aryl methyl sites for hydroxylation is 1. The molecule has 2 rings (SSSR count). The summed E-state index contributed by atoms with van der Waals surface area (Å²) in [5, 5.41) is 3.02. The Balaban J connectivity index is 2.16. The molecule has 0 bridgehead atoms. The molecule has 1 amide bonds. The normalized spacial score (nSPS) is 16.7. The number of aromatic nitrogens is 1. The van der Waals surface area contributed by atoms with Gasteiger partial charge < -0.3 is 10.2 Å². The summed E-state index contributed by atoms with van der Waals surface area (Å²) in [7, 11) is 0. The van der Waals surface area contributed by atoms with Gasteiger partial charge in [-0.05, 0) is 37.3 Å². The molecule has 1 aliphatic heterocycles. The van der Waals surface area contributed by atoms with Crippen LogP contribution in [0.15, 0.2) is 12.1 Å². The first-order valence-corrected chi connectivity index (χ1v) is 8.37. The first-order chi connectivity index (χ1) is 10.3. The fraction of sp³-hybridized carbons (Fsp3) is 0.667. The number of anilines is 2. The highest BCUT2D eigenvalue weighted by atomic mass is 16.2. The molecule has 1 saturated heterocycles. The summed E-state index contributed by atoms with van der Waals surface area (Å²) in [6, 6.07) is 4.04. The zero-order chi connectivity index (χ0) is 16.3. The van der Waals surface area contributed by atoms with E-state index in [9.17, 15) is 4.79 Å². The molecular weight excluding hydrogens is 274 g/mol. The third kappa shape index (κ3) is 3.99. The molecule has 0 radical (unpaired) electrons. The quantitative estimate of drug-likeness (QED) is 0.922. The van der Waals surface area contributed by atoms with Crippen molar-refractivity contribution >= 4 is 17.4 Å². The molecule has 0 saturated carbocycles. The maximum absolute atomic E-state index is 12.2. The van der Waals surface area contributed by atoms with Crippen LogP contribution in [0, 0.1) is 11.3 Å². The maximum Gasteiger partial charge on any atom is 0.229 e. The van der Waals surface area contributed by atoms with Crippen molar-refractivity contribution in [1.29, 1.82) is 0 Å². The van der Waals surface area contributed by atoms with Crippen LogP contribution < -0.4 is 10.2 Å². The number of carbonyl (C=O) groups excluding carboxylic acids is 1. The Labute approximate surface area is 134 Å². The van der Waals surface area contributed by atoms with Gasteiger partial charge >= 0.3 is 0 Å². The highest BCUT2D eigenvalue weighted by Gasteiger charge is 2.23. The van der Waals surface area contributed by atoms with E-state index >= 15 is 0 Å². The van der Waals surface area contributed by atoms with Crippen LogP contribution in [0.2, 0.25) is 0 Å². The molecule has 0 aromatic carbocycles. The van der Waals surface area contributed by atoms with Crippen molar-refractivity contribution in [3.63, 3.8) is 0 Å². The fourth-order valence-electron chi connectivity index (χ4n) is 2.60. The zero-order valence-electron chi connectivity index (χ0n) is 14.6. The van der Waals surface area contributed by atoms with Gasteiger partial charge in [-0.3, -0.25) is 4.79 Å². The highest BCUT2D eigenvalue weighted by Crippen LogP contribution is 2.26. The molecular formula is C18H29N3O. The lowest BCUT2D eigenvalue weighted by Crippen LogP contribution is -2.33. The van der Waals surface area contributed by atoms with Crippen molar-refractivity contribution in [2.45, 2.75) is 53.9 Å². The van der Waals surface area contributed by atoms with E-state index < -0.39 is 5.41 Å². The van der Waals surface area contributed by atoms with Gasteiger partial charge in [0, 0.05) is 18.5 Å². The number of pyridine rings is 1. The number of piperidine rings is 1. The molecule has 122 valence electrons. The molecule has 0 unspecified atom stereocenters. The molecule has 1 aromatic rings. The standard InChI is InChI=1S/C18H29N3O/c1-6-14-15(20-17(22)18(3,4)5)7-8-16(19-14)21-11-9-13(2)10-12-21/h7-8,13H,6,9-12H2,1-5H3,(H,20,22). The number of nitrogens with zero attached hydrogens (tertiary/aromatic N) is 2. The summed E-state index contributed by atoms with van der Waals surface area (Å²) >= 11 is 0. The third-order valence-electron chi connectivity index (χ3n) is 4.33. The molecule has 0 atom stereocenters. The van der Waals surface area contributed by atoms with Gasteiger partial charge in [0.15, 0.2) is 0 Å². The van der Waals surface area contributed by atoms with E-state index in [1.54, 1.807) is 0 Å². The van der Waals surface area contributed by atoms with E-state index in [-0.39, 0.29) is 5.91 Å². The van der Waals surface area contributed by atoms with E-state index in [0.29, 0.717) is 0 Å². The Morgan fingerprint density at radius 2 is 1.95 bits per heavy atom. The highest BCUT2D eigenvalue weighted by molar-refractivity contribution is 5.95. The van der Waals surface area contributed by atoms with Gasteiger partial charge in [0.1, 0.15) is 5.82 Å². The van der Waals surface area contributed by atoms with Crippen molar-refractivity contribution < 1.29 is 4.79 Å². The van der Waals surface area contributed by atoms with Gasteiger partial charge in [0.05, 0.1) is 11.4 Å². The zero-order valence-corrected chi connectivity index (χ0v) is 14.6. The molecule has 1 aromatic heterocycles. The van der Waals surface area contributed by atoms with E-state index in [2.05, 4.69) is 24.1 Å². The number of rotatable bonds is 3. The number of amides is 1. The molecule has 4 nitrogen and oxygen atoms in total. The number of carbonyl (C=O) groups is 1. The fourth-order valence-corrected chi connectivity index (χ4v) is 2.60. The minimum Gasteiger partial charge on any atom is -0.357 e. The van der Waals surface area contributed by atoms with Gasteiger partial charge in [-0.15, -0.1) is 0 Å². The summed E-state index contributed by atoms with van der Waals surface area (Å²) in [6.45, 7) is 12.3. The van der Waals surface area contributed by atoms with Crippen LogP contribution >= 0.6 is 0 Å². The van der Waals surface area contributed by atoms with Crippen LogP contribution in [0.4, 0.5) is 11.5 Å². The molecule has 1 fully saturated rings. The van der Waals surface area contributed by atoms with Crippen molar-refractivity contribution in [3.8, 4) is 0 Å². The lowest BCUT2D eigenvalue weighted by molar-refractivity contribution is -0.123. The van der Waals surface area contributed by atoms with Crippen LogP contribution in [-0.2, 0) is 11.2 Å². The van der Waals surface area contributed by atoms with E-state index in [1.165, 1.54) is 12.8 Å². The summed E-state index contributed by atoms with van der Waals surface area (Å²) in [6.07, 6.45) is 3.27. The van der Waals surface area contributed by atoms with Crippen molar-refractivity contribution in [3.05, 3.63) is 17.8 Å². The van der Waals surface area contributed by atoms with Crippen LogP contribution in [-0.4, -0.2) is 24.0 Å².